The second-order valence-electron chi connectivity index (χ2n) is 4.97. The summed E-state index contributed by atoms with van der Waals surface area (Å²) < 4.78 is 37.2. The minimum atomic E-state index is -4.13. The molecule has 100 valence electrons. The van der Waals surface area contributed by atoms with E-state index in [1.54, 1.807) is 0 Å². The van der Waals surface area contributed by atoms with Crippen LogP contribution in [-0.4, -0.2) is 35.7 Å². The highest BCUT2D eigenvalue weighted by Crippen LogP contribution is 2.49. The van der Waals surface area contributed by atoms with Crippen molar-refractivity contribution in [2.45, 2.75) is 38.8 Å². The largest absolute Gasteiger partial charge is 0.401 e. The molecule has 1 fully saturated rings. The first-order chi connectivity index (χ1) is 7.76. The molecule has 0 saturated heterocycles. The van der Waals surface area contributed by atoms with Gasteiger partial charge in [-0.15, -0.1) is 0 Å². The van der Waals surface area contributed by atoms with Crippen molar-refractivity contribution < 1.29 is 13.2 Å². The van der Waals surface area contributed by atoms with Crippen molar-refractivity contribution in [3.8, 4) is 0 Å². The number of nitrogens with two attached hydrogens (primary N) is 1. The van der Waals surface area contributed by atoms with Crippen molar-refractivity contribution >= 4 is 17.2 Å². The maximum atomic E-state index is 12.4. The summed E-state index contributed by atoms with van der Waals surface area (Å²) in [5.74, 6) is 0. The van der Waals surface area contributed by atoms with Crippen LogP contribution in [0.4, 0.5) is 13.2 Å². The molecule has 1 aliphatic rings. The molecule has 1 aliphatic carbocycles. The van der Waals surface area contributed by atoms with Gasteiger partial charge >= 0.3 is 6.18 Å². The van der Waals surface area contributed by atoms with E-state index in [1.165, 1.54) is 4.90 Å². The Labute approximate surface area is 105 Å². The fourth-order valence-corrected chi connectivity index (χ4v) is 2.50. The lowest BCUT2D eigenvalue weighted by Gasteiger charge is -2.27. The van der Waals surface area contributed by atoms with Gasteiger partial charge in [-0.3, -0.25) is 4.90 Å². The van der Waals surface area contributed by atoms with Crippen LogP contribution in [0.2, 0.25) is 0 Å². The summed E-state index contributed by atoms with van der Waals surface area (Å²) in [5.41, 5.74) is 5.41. The number of hydrogen-bond donors (Lipinski definition) is 1. The van der Waals surface area contributed by atoms with Gasteiger partial charge < -0.3 is 5.73 Å². The van der Waals surface area contributed by atoms with Crippen LogP contribution in [0.15, 0.2) is 0 Å². The third-order valence-electron chi connectivity index (χ3n) is 3.01. The summed E-state index contributed by atoms with van der Waals surface area (Å²) in [4.78, 5) is 1.89. The number of halogens is 3. The topological polar surface area (TPSA) is 29.3 Å². The Morgan fingerprint density at radius 2 is 2.00 bits per heavy atom. The van der Waals surface area contributed by atoms with E-state index in [-0.39, 0.29) is 5.41 Å². The Morgan fingerprint density at radius 1 is 1.41 bits per heavy atom. The standard InChI is InChI=1S/C11H19F3N2S/c1-2-5-16(8-11(12,13)14)7-10(3-4-10)6-9(15)17/h2-8H2,1H3,(H2,15,17). The quantitative estimate of drug-likeness (QED) is 0.720. The third kappa shape index (κ3) is 5.68. The Kier molecular flexibility index (Phi) is 4.77. The summed E-state index contributed by atoms with van der Waals surface area (Å²) in [6.07, 6.45) is -0.973. The highest BCUT2D eigenvalue weighted by Gasteiger charge is 2.45. The van der Waals surface area contributed by atoms with Crippen LogP contribution in [0.5, 0.6) is 0 Å². The van der Waals surface area contributed by atoms with E-state index in [9.17, 15) is 13.2 Å². The van der Waals surface area contributed by atoms with Gasteiger partial charge in [0.25, 0.3) is 0 Å². The molecule has 0 spiro atoms. The van der Waals surface area contributed by atoms with Crippen LogP contribution in [-0.2, 0) is 0 Å². The summed E-state index contributed by atoms with van der Waals surface area (Å²) >= 11 is 4.85. The molecule has 0 unspecified atom stereocenters. The first-order valence-corrected chi connectivity index (χ1v) is 6.25. The maximum Gasteiger partial charge on any atom is 0.401 e. The molecule has 0 amide bonds. The van der Waals surface area contributed by atoms with Gasteiger partial charge in [-0.25, -0.2) is 0 Å². The number of thiocarbonyl (C=S) groups is 1. The van der Waals surface area contributed by atoms with Crippen molar-refractivity contribution in [2.75, 3.05) is 19.6 Å². The minimum Gasteiger partial charge on any atom is -0.393 e. The van der Waals surface area contributed by atoms with Crippen LogP contribution >= 0.6 is 12.2 Å². The van der Waals surface area contributed by atoms with Crippen LogP contribution in [0, 0.1) is 5.41 Å². The predicted octanol–water partition coefficient (Wildman–Crippen LogP) is 2.72. The molecule has 17 heavy (non-hydrogen) atoms. The average Bonchev–Trinajstić information content (AvgIpc) is 2.80. The van der Waals surface area contributed by atoms with Crippen molar-refractivity contribution in [3.05, 3.63) is 0 Å². The molecule has 0 radical (unpaired) electrons. The SMILES string of the molecule is CCCN(CC(F)(F)F)CC1(CC(N)=S)CC1. The van der Waals surface area contributed by atoms with Gasteiger partial charge in [0.15, 0.2) is 0 Å². The lowest BCUT2D eigenvalue weighted by Crippen LogP contribution is -2.39. The second kappa shape index (κ2) is 5.52. The van der Waals surface area contributed by atoms with E-state index in [4.69, 9.17) is 18.0 Å². The van der Waals surface area contributed by atoms with E-state index in [0.29, 0.717) is 24.5 Å². The molecular weight excluding hydrogens is 249 g/mol. The lowest BCUT2D eigenvalue weighted by molar-refractivity contribution is -0.147. The van der Waals surface area contributed by atoms with Gasteiger partial charge in [0.1, 0.15) is 0 Å². The van der Waals surface area contributed by atoms with Crippen LogP contribution in [0.3, 0.4) is 0 Å². The van der Waals surface area contributed by atoms with Gasteiger partial charge in [-0.05, 0) is 31.2 Å². The molecule has 0 aromatic carbocycles. The minimum absolute atomic E-state index is 0.0771. The first kappa shape index (κ1) is 14.7. The van der Waals surface area contributed by atoms with Crippen molar-refractivity contribution in [3.63, 3.8) is 0 Å². The molecule has 6 heteroatoms. The number of hydrogen-bond acceptors (Lipinski definition) is 2. The van der Waals surface area contributed by atoms with E-state index >= 15 is 0 Å². The average molecular weight is 268 g/mol. The monoisotopic (exact) mass is 268 g/mol. The molecule has 0 aromatic rings. The summed E-state index contributed by atoms with van der Waals surface area (Å²) in [6.45, 7) is 1.98. The van der Waals surface area contributed by atoms with Gasteiger partial charge in [0, 0.05) is 13.0 Å². The first-order valence-electron chi connectivity index (χ1n) is 5.84. The maximum absolute atomic E-state index is 12.4. The molecule has 1 saturated carbocycles. The molecule has 0 aliphatic heterocycles. The highest BCUT2D eigenvalue weighted by atomic mass is 32.1. The molecule has 2 nitrogen and oxygen atoms in total. The van der Waals surface area contributed by atoms with Crippen LogP contribution < -0.4 is 5.73 Å². The molecule has 0 atom stereocenters. The van der Waals surface area contributed by atoms with Gasteiger partial charge in [-0.1, -0.05) is 19.1 Å². The van der Waals surface area contributed by atoms with Crippen LogP contribution in [0.1, 0.15) is 32.6 Å². The molecule has 0 bridgehead atoms. The van der Waals surface area contributed by atoms with Crippen LogP contribution in [0.25, 0.3) is 0 Å². The Balaban J connectivity index is 2.51. The molecule has 1 rings (SSSR count). The van der Waals surface area contributed by atoms with Gasteiger partial charge in [-0.2, -0.15) is 13.2 Å². The van der Waals surface area contributed by atoms with Crippen molar-refractivity contribution in [1.82, 2.24) is 4.90 Å². The van der Waals surface area contributed by atoms with E-state index in [0.717, 1.165) is 19.3 Å². The second-order valence-corrected chi connectivity index (χ2v) is 5.49. The normalized spacial score (nSPS) is 18.4. The predicted molar refractivity (Wildman–Crippen MR) is 65.9 cm³/mol. The Bertz CT molecular complexity index is 274. The van der Waals surface area contributed by atoms with E-state index < -0.39 is 12.7 Å². The van der Waals surface area contributed by atoms with Crippen molar-refractivity contribution in [1.29, 1.82) is 0 Å². The fraction of sp³-hybridized carbons (Fsp3) is 0.909. The zero-order valence-corrected chi connectivity index (χ0v) is 10.8. The van der Waals surface area contributed by atoms with E-state index in [2.05, 4.69) is 0 Å². The molecule has 0 heterocycles. The summed E-state index contributed by atoms with van der Waals surface area (Å²) in [6, 6.07) is 0. The molecule has 2 N–H and O–H groups in total. The Morgan fingerprint density at radius 3 is 2.35 bits per heavy atom. The lowest BCUT2D eigenvalue weighted by atomic mass is 10.0. The molecule has 0 aromatic heterocycles. The number of rotatable bonds is 7. The third-order valence-corrected chi connectivity index (χ3v) is 3.15. The van der Waals surface area contributed by atoms with Gasteiger partial charge in [0.05, 0.1) is 11.5 Å². The summed E-state index contributed by atoms with van der Waals surface area (Å²) in [7, 11) is 0. The zero-order valence-electron chi connectivity index (χ0n) is 10.0. The van der Waals surface area contributed by atoms with Crippen molar-refractivity contribution in [2.24, 2.45) is 11.1 Å². The fourth-order valence-electron chi connectivity index (χ4n) is 2.20. The summed E-state index contributed by atoms with van der Waals surface area (Å²) in [5, 5.41) is 0. The zero-order chi connectivity index (χ0) is 13.1. The molecular formula is C11H19F3N2S. The Hall–Kier alpha value is -0.360. The van der Waals surface area contributed by atoms with Gasteiger partial charge in [0.2, 0.25) is 0 Å². The van der Waals surface area contributed by atoms with E-state index in [1.807, 2.05) is 6.92 Å². The number of nitrogens with zero attached hydrogens (tertiary/aromatic N) is 1. The smallest absolute Gasteiger partial charge is 0.393 e. The number of alkyl halides is 3. The highest BCUT2D eigenvalue weighted by molar-refractivity contribution is 7.80.